The highest BCUT2D eigenvalue weighted by Crippen LogP contribution is 2.32. The third-order valence-electron chi connectivity index (χ3n) is 2.67. The molecule has 0 N–H and O–H groups in total. The van der Waals surface area contributed by atoms with Crippen LogP contribution in [0.15, 0.2) is 24.5 Å². The van der Waals surface area contributed by atoms with Crippen LogP contribution in [0.3, 0.4) is 0 Å². The van der Waals surface area contributed by atoms with Crippen LogP contribution in [0.5, 0.6) is 0 Å². The Morgan fingerprint density at radius 1 is 1.53 bits per heavy atom. The van der Waals surface area contributed by atoms with Crippen LogP contribution < -0.4 is 0 Å². The van der Waals surface area contributed by atoms with E-state index in [-0.39, 0.29) is 5.97 Å². The fraction of sp³-hybridized carbons (Fsp3) is 0.455. The lowest BCUT2D eigenvalue weighted by Crippen LogP contribution is -2.51. The van der Waals surface area contributed by atoms with Crippen LogP contribution in [0.25, 0.3) is 0 Å². The molecule has 0 aromatic carbocycles. The van der Waals surface area contributed by atoms with Gasteiger partial charge in [0.05, 0.1) is 20.3 Å². The van der Waals surface area contributed by atoms with Crippen molar-refractivity contribution < 1.29 is 14.3 Å². The summed E-state index contributed by atoms with van der Waals surface area (Å²) in [5.41, 5.74) is 0.606. The van der Waals surface area contributed by atoms with Crippen LogP contribution in [-0.4, -0.2) is 31.3 Å². The number of methoxy groups -OCH3 is 1. The summed E-state index contributed by atoms with van der Waals surface area (Å²) in [6.45, 7) is 0.893. The Hall–Kier alpha value is -1.42. The Labute approximate surface area is 88.2 Å². The van der Waals surface area contributed by atoms with Crippen molar-refractivity contribution in [2.24, 2.45) is 5.41 Å². The minimum absolute atomic E-state index is 0.189. The predicted octanol–water partition coefficient (Wildman–Crippen LogP) is 0.814. The minimum atomic E-state index is -0.476. The van der Waals surface area contributed by atoms with Gasteiger partial charge in [-0.3, -0.25) is 9.78 Å². The molecule has 0 aliphatic carbocycles. The molecule has 2 heterocycles. The van der Waals surface area contributed by atoms with Gasteiger partial charge >= 0.3 is 5.97 Å². The van der Waals surface area contributed by atoms with Gasteiger partial charge in [-0.25, -0.2) is 0 Å². The number of rotatable bonds is 3. The molecule has 0 spiro atoms. The van der Waals surface area contributed by atoms with E-state index in [1.165, 1.54) is 7.11 Å². The van der Waals surface area contributed by atoms with Gasteiger partial charge in [0.1, 0.15) is 5.41 Å². The number of carbonyl (C=O) groups excluding carboxylic acids is 1. The maximum absolute atomic E-state index is 11.6. The summed E-state index contributed by atoms with van der Waals surface area (Å²) in [6, 6.07) is 3.81. The van der Waals surface area contributed by atoms with E-state index in [4.69, 9.17) is 9.47 Å². The molecule has 0 bridgehead atoms. The standard InChI is InChI=1S/C11H13NO3/c1-14-10(13)11(7-15-8-11)6-9-2-4-12-5-3-9/h2-5H,6-8H2,1H3. The van der Waals surface area contributed by atoms with Crippen LogP contribution >= 0.6 is 0 Å². The molecule has 1 aromatic heterocycles. The molecule has 1 aliphatic rings. The van der Waals surface area contributed by atoms with E-state index in [1.54, 1.807) is 12.4 Å². The Balaban J connectivity index is 2.12. The van der Waals surface area contributed by atoms with Crippen molar-refractivity contribution in [1.29, 1.82) is 0 Å². The molecule has 4 nitrogen and oxygen atoms in total. The Morgan fingerprint density at radius 3 is 2.67 bits per heavy atom. The van der Waals surface area contributed by atoms with Crippen LogP contribution in [0, 0.1) is 5.41 Å². The topological polar surface area (TPSA) is 48.4 Å². The zero-order valence-corrected chi connectivity index (χ0v) is 8.60. The molecule has 80 valence electrons. The molecule has 15 heavy (non-hydrogen) atoms. The second-order valence-electron chi connectivity index (χ2n) is 3.80. The molecule has 0 saturated carbocycles. The summed E-state index contributed by atoms with van der Waals surface area (Å²) in [4.78, 5) is 15.5. The summed E-state index contributed by atoms with van der Waals surface area (Å²) in [6.07, 6.45) is 4.10. The highest BCUT2D eigenvalue weighted by atomic mass is 16.5. The first-order valence-corrected chi connectivity index (χ1v) is 4.82. The number of esters is 1. The van der Waals surface area contributed by atoms with Gasteiger partial charge in [-0.2, -0.15) is 0 Å². The zero-order valence-electron chi connectivity index (χ0n) is 8.60. The molecular formula is C11H13NO3. The third kappa shape index (κ3) is 1.85. The molecule has 1 aliphatic heterocycles. The van der Waals surface area contributed by atoms with E-state index in [0.717, 1.165) is 5.56 Å². The number of aromatic nitrogens is 1. The molecule has 1 fully saturated rings. The molecule has 0 atom stereocenters. The molecule has 0 radical (unpaired) electrons. The SMILES string of the molecule is COC(=O)C1(Cc2ccncc2)COC1. The highest BCUT2D eigenvalue weighted by molar-refractivity contribution is 5.78. The quantitative estimate of drug-likeness (QED) is 0.688. The number of carbonyl (C=O) groups is 1. The zero-order chi connectivity index (χ0) is 10.7. The monoisotopic (exact) mass is 207 g/mol. The van der Waals surface area contributed by atoms with Crippen LogP contribution in [0.1, 0.15) is 5.56 Å². The lowest BCUT2D eigenvalue weighted by atomic mass is 9.80. The second kappa shape index (κ2) is 3.98. The normalized spacial score (nSPS) is 17.9. The van der Waals surface area contributed by atoms with Gasteiger partial charge < -0.3 is 9.47 Å². The average molecular weight is 207 g/mol. The lowest BCUT2D eigenvalue weighted by Gasteiger charge is -2.38. The van der Waals surface area contributed by atoms with Crippen molar-refractivity contribution in [3.05, 3.63) is 30.1 Å². The van der Waals surface area contributed by atoms with Gasteiger partial charge in [0.25, 0.3) is 0 Å². The van der Waals surface area contributed by atoms with Crippen LogP contribution in [0.2, 0.25) is 0 Å². The molecule has 1 saturated heterocycles. The number of nitrogens with zero attached hydrogens (tertiary/aromatic N) is 1. The van der Waals surface area contributed by atoms with E-state index in [1.807, 2.05) is 12.1 Å². The first-order chi connectivity index (χ1) is 7.27. The molecule has 4 heteroatoms. The van der Waals surface area contributed by atoms with Gasteiger partial charge in [0.2, 0.25) is 0 Å². The van der Waals surface area contributed by atoms with Crippen molar-refractivity contribution in [2.45, 2.75) is 6.42 Å². The number of hydrogen-bond acceptors (Lipinski definition) is 4. The fourth-order valence-corrected chi connectivity index (χ4v) is 1.75. The summed E-state index contributed by atoms with van der Waals surface area (Å²) in [7, 11) is 1.41. The first kappa shape index (κ1) is 10.1. The first-order valence-electron chi connectivity index (χ1n) is 4.82. The Kier molecular flexibility index (Phi) is 2.68. The van der Waals surface area contributed by atoms with Crippen molar-refractivity contribution in [1.82, 2.24) is 4.98 Å². The van der Waals surface area contributed by atoms with Crippen molar-refractivity contribution >= 4 is 5.97 Å². The fourth-order valence-electron chi connectivity index (χ4n) is 1.75. The van der Waals surface area contributed by atoms with Crippen LogP contribution in [-0.2, 0) is 20.7 Å². The maximum Gasteiger partial charge on any atom is 0.316 e. The van der Waals surface area contributed by atoms with Gasteiger partial charge in [-0.15, -0.1) is 0 Å². The van der Waals surface area contributed by atoms with E-state index >= 15 is 0 Å². The number of hydrogen-bond donors (Lipinski definition) is 0. The predicted molar refractivity (Wildman–Crippen MR) is 53.2 cm³/mol. The van der Waals surface area contributed by atoms with Gasteiger partial charge in [-0.05, 0) is 24.1 Å². The number of pyridine rings is 1. The van der Waals surface area contributed by atoms with Gasteiger partial charge in [-0.1, -0.05) is 0 Å². The Bertz CT molecular complexity index is 346. The number of ether oxygens (including phenoxy) is 2. The molecule has 2 rings (SSSR count). The average Bonchev–Trinajstić information content (AvgIpc) is 2.24. The maximum atomic E-state index is 11.6. The molecule has 0 unspecified atom stereocenters. The van der Waals surface area contributed by atoms with Crippen molar-refractivity contribution in [3.63, 3.8) is 0 Å². The lowest BCUT2D eigenvalue weighted by molar-refractivity contribution is -0.182. The van der Waals surface area contributed by atoms with Gasteiger partial charge in [0.15, 0.2) is 0 Å². The summed E-state index contributed by atoms with van der Waals surface area (Å²) in [5, 5.41) is 0. The minimum Gasteiger partial charge on any atom is -0.468 e. The molecular weight excluding hydrogens is 194 g/mol. The largest absolute Gasteiger partial charge is 0.468 e. The molecule has 1 aromatic rings. The summed E-state index contributed by atoms with van der Waals surface area (Å²) in [5.74, 6) is -0.189. The second-order valence-corrected chi connectivity index (χ2v) is 3.80. The van der Waals surface area contributed by atoms with E-state index in [2.05, 4.69) is 4.98 Å². The third-order valence-corrected chi connectivity index (χ3v) is 2.67. The van der Waals surface area contributed by atoms with E-state index < -0.39 is 5.41 Å². The van der Waals surface area contributed by atoms with E-state index in [0.29, 0.717) is 19.6 Å². The summed E-state index contributed by atoms with van der Waals surface area (Å²) >= 11 is 0. The van der Waals surface area contributed by atoms with Crippen molar-refractivity contribution in [3.8, 4) is 0 Å². The smallest absolute Gasteiger partial charge is 0.316 e. The van der Waals surface area contributed by atoms with Crippen LogP contribution in [0.4, 0.5) is 0 Å². The summed E-state index contributed by atoms with van der Waals surface area (Å²) < 4.78 is 9.91. The van der Waals surface area contributed by atoms with Gasteiger partial charge in [0, 0.05) is 12.4 Å². The molecule has 0 amide bonds. The highest BCUT2D eigenvalue weighted by Gasteiger charge is 2.46. The Morgan fingerprint density at radius 2 is 2.20 bits per heavy atom. The van der Waals surface area contributed by atoms with E-state index in [9.17, 15) is 4.79 Å². The van der Waals surface area contributed by atoms with Crippen molar-refractivity contribution in [2.75, 3.05) is 20.3 Å².